The molecule has 1 rings (SSSR count). The van der Waals surface area contributed by atoms with Gasteiger partial charge in [0.25, 0.3) is 0 Å². The second kappa shape index (κ2) is 1.73. The van der Waals surface area contributed by atoms with Crippen molar-refractivity contribution < 1.29 is 4.74 Å². The number of hydrogen-bond donors (Lipinski definition) is 2. The van der Waals surface area contributed by atoms with Gasteiger partial charge in [0.2, 0.25) is 5.88 Å². The average molecular weight is 99.1 g/mol. The summed E-state index contributed by atoms with van der Waals surface area (Å²) in [6, 6.07) is 0. The summed E-state index contributed by atoms with van der Waals surface area (Å²) < 4.78 is 4.77. The Morgan fingerprint density at radius 3 is 2.86 bits per heavy atom. The Bertz CT molecular complexity index is 89.7. The highest BCUT2D eigenvalue weighted by Crippen LogP contribution is 1.91. The predicted molar refractivity (Wildman–Crippen MR) is 25.7 cm³/mol. The summed E-state index contributed by atoms with van der Waals surface area (Å²) in [5, 5.41) is 5.61. The monoisotopic (exact) mass is 99.1 g/mol. The Hall–Kier alpha value is -0.860. The first-order chi connectivity index (χ1) is 3.43. The van der Waals surface area contributed by atoms with Gasteiger partial charge >= 0.3 is 0 Å². The highest BCUT2D eigenvalue weighted by Gasteiger charge is 1.98. The van der Waals surface area contributed by atoms with E-state index in [1.54, 1.807) is 20.0 Å². The van der Waals surface area contributed by atoms with Crippen molar-refractivity contribution in [3.05, 3.63) is 18.8 Å². The summed E-state index contributed by atoms with van der Waals surface area (Å²) in [5.74, 6) is 0.750. The van der Waals surface area contributed by atoms with E-state index in [1.807, 2.05) is 0 Å². The van der Waals surface area contributed by atoms with Crippen molar-refractivity contribution >= 4 is 0 Å². The standard InChI is InChI=1S/C4H7N2O/c1-7-4-2-5-3-6-4/h2-3,5-6H,1H3. The molecule has 0 aromatic heterocycles. The molecule has 0 saturated heterocycles. The number of hydrogen-bond acceptors (Lipinski definition) is 3. The molecule has 0 spiro atoms. The van der Waals surface area contributed by atoms with Crippen LogP contribution in [0.15, 0.2) is 12.1 Å². The molecule has 1 heterocycles. The predicted octanol–water partition coefficient (Wildman–Crippen LogP) is -0.256. The van der Waals surface area contributed by atoms with Gasteiger partial charge in [-0.3, -0.25) is 0 Å². The molecule has 0 bridgehead atoms. The zero-order valence-electron chi connectivity index (χ0n) is 4.06. The molecule has 0 amide bonds. The van der Waals surface area contributed by atoms with Gasteiger partial charge in [0.15, 0.2) is 0 Å². The second-order valence-electron chi connectivity index (χ2n) is 1.17. The van der Waals surface area contributed by atoms with Crippen molar-refractivity contribution in [2.75, 3.05) is 7.11 Å². The molecule has 3 nitrogen and oxygen atoms in total. The van der Waals surface area contributed by atoms with Gasteiger partial charge in [-0.2, -0.15) is 0 Å². The van der Waals surface area contributed by atoms with Crippen LogP contribution in [0.3, 0.4) is 0 Å². The van der Waals surface area contributed by atoms with E-state index in [0.29, 0.717) is 0 Å². The van der Waals surface area contributed by atoms with Gasteiger partial charge in [0, 0.05) is 0 Å². The Labute approximate surface area is 42.4 Å². The summed E-state index contributed by atoms with van der Waals surface area (Å²) >= 11 is 0. The molecule has 3 heteroatoms. The molecular formula is C4H7N2O. The summed E-state index contributed by atoms with van der Waals surface area (Å²) in [7, 11) is 1.61. The molecule has 0 unspecified atom stereocenters. The number of ether oxygens (including phenoxy) is 1. The highest BCUT2D eigenvalue weighted by molar-refractivity contribution is 4.98. The second-order valence-corrected chi connectivity index (χ2v) is 1.17. The van der Waals surface area contributed by atoms with E-state index < -0.39 is 0 Å². The van der Waals surface area contributed by atoms with E-state index >= 15 is 0 Å². The van der Waals surface area contributed by atoms with Gasteiger partial charge in [-0.25, -0.2) is 0 Å². The first kappa shape index (κ1) is 4.30. The van der Waals surface area contributed by atoms with Crippen LogP contribution in [0.4, 0.5) is 0 Å². The van der Waals surface area contributed by atoms with E-state index in [2.05, 4.69) is 10.6 Å². The van der Waals surface area contributed by atoms with Crippen molar-refractivity contribution in [2.24, 2.45) is 0 Å². The minimum absolute atomic E-state index is 0.750. The third-order valence-corrected chi connectivity index (χ3v) is 0.732. The first-order valence-electron chi connectivity index (χ1n) is 2.02. The highest BCUT2D eigenvalue weighted by atomic mass is 16.5. The van der Waals surface area contributed by atoms with Crippen molar-refractivity contribution in [1.82, 2.24) is 10.6 Å². The minimum atomic E-state index is 0.750. The minimum Gasteiger partial charge on any atom is -0.481 e. The lowest BCUT2D eigenvalue weighted by atomic mass is 10.9. The molecule has 7 heavy (non-hydrogen) atoms. The molecule has 0 aromatic rings. The van der Waals surface area contributed by atoms with Crippen LogP contribution in [-0.2, 0) is 4.74 Å². The smallest absolute Gasteiger partial charge is 0.204 e. The van der Waals surface area contributed by atoms with E-state index in [9.17, 15) is 0 Å². The molecule has 0 aromatic carbocycles. The SMILES string of the molecule is COC1=CN[CH]N1. The van der Waals surface area contributed by atoms with Gasteiger partial charge in [0.1, 0.15) is 6.67 Å². The largest absolute Gasteiger partial charge is 0.481 e. The Morgan fingerprint density at radius 1 is 1.71 bits per heavy atom. The van der Waals surface area contributed by atoms with Crippen molar-refractivity contribution in [1.29, 1.82) is 0 Å². The lowest BCUT2D eigenvalue weighted by Crippen LogP contribution is -2.07. The maximum absolute atomic E-state index is 4.77. The summed E-state index contributed by atoms with van der Waals surface area (Å²) in [5.41, 5.74) is 0. The third-order valence-electron chi connectivity index (χ3n) is 0.732. The summed E-state index contributed by atoms with van der Waals surface area (Å²) in [4.78, 5) is 0. The number of nitrogens with one attached hydrogen (secondary N) is 2. The van der Waals surface area contributed by atoms with E-state index in [4.69, 9.17) is 4.74 Å². The van der Waals surface area contributed by atoms with Crippen LogP contribution in [0, 0.1) is 6.67 Å². The van der Waals surface area contributed by atoms with Crippen LogP contribution in [0.5, 0.6) is 0 Å². The average Bonchev–Trinajstić information content (AvgIpc) is 2.14. The Balaban J connectivity index is 2.36. The molecule has 1 aliphatic heterocycles. The molecule has 0 saturated carbocycles. The molecular weight excluding hydrogens is 92.1 g/mol. The Kier molecular flexibility index (Phi) is 1.06. The van der Waals surface area contributed by atoms with Crippen LogP contribution in [0.25, 0.3) is 0 Å². The van der Waals surface area contributed by atoms with Crippen LogP contribution in [0.2, 0.25) is 0 Å². The lowest BCUT2D eigenvalue weighted by molar-refractivity contribution is 0.273. The zero-order valence-corrected chi connectivity index (χ0v) is 4.06. The van der Waals surface area contributed by atoms with Crippen molar-refractivity contribution in [2.45, 2.75) is 0 Å². The van der Waals surface area contributed by atoms with Crippen LogP contribution in [0.1, 0.15) is 0 Å². The van der Waals surface area contributed by atoms with E-state index in [0.717, 1.165) is 5.88 Å². The summed E-state index contributed by atoms with van der Waals surface area (Å²) in [6.07, 6.45) is 1.74. The van der Waals surface area contributed by atoms with Crippen LogP contribution >= 0.6 is 0 Å². The van der Waals surface area contributed by atoms with Crippen molar-refractivity contribution in [3.8, 4) is 0 Å². The lowest BCUT2D eigenvalue weighted by Gasteiger charge is -1.95. The molecule has 1 aliphatic rings. The zero-order chi connectivity index (χ0) is 5.11. The first-order valence-corrected chi connectivity index (χ1v) is 2.02. The molecule has 2 N–H and O–H groups in total. The third kappa shape index (κ3) is 0.765. The fourth-order valence-corrected chi connectivity index (χ4v) is 0.390. The molecule has 1 radical (unpaired) electrons. The maximum Gasteiger partial charge on any atom is 0.204 e. The van der Waals surface area contributed by atoms with Gasteiger partial charge in [-0.05, 0) is 0 Å². The van der Waals surface area contributed by atoms with E-state index in [1.165, 1.54) is 0 Å². The van der Waals surface area contributed by atoms with Gasteiger partial charge in [-0.15, -0.1) is 0 Å². The molecule has 0 atom stereocenters. The number of rotatable bonds is 1. The topological polar surface area (TPSA) is 33.3 Å². The maximum atomic E-state index is 4.77. The molecule has 39 valence electrons. The van der Waals surface area contributed by atoms with Gasteiger partial charge in [-0.1, -0.05) is 0 Å². The van der Waals surface area contributed by atoms with Gasteiger partial charge < -0.3 is 15.4 Å². The summed E-state index contributed by atoms with van der Waals surface area (Å²) in [6.45, 7) is 1.69. The molecule has 0 fully saturated rings. The Morgan fingerprint density at radius 2 is 2.57 bits per heavy atom. The van der Waals surface area contributed by atoms with Crippen LogP contribution in [-0.4, -0.2) is 7.11 Å². The fourth-order valence-electron chi connectivity index (χ4n) is 0.390. The van der Waals surface area contributed by atoms with E-state index in [-0.39, 0.29) is 0 Å². The fraction of sp³-hybridized carbons (Fsp3) is 0.250. The number of methoxy groups -OCH3 is 1. The normalized spacial score (nSPS) is 17.0. The molecule has 0 aliphatic carbocycles. The van der Waals surface area contributed by atoms with Gasteiger partial charge in [0.05, 0.1) is 13.3 Å². The van der Waals surface area contributed by atoms with Crippen molar-refractivity contribution in [3.63, 3.8) is 0 Å². The quantitative estimate of drug-likeness (QED) is 0.475. The van der Waals surface area contributed by atoms with Crippen LogP contribution < -0.4 is 10.6 Å².